The summed E-state index contributed by atoms with van der Waals surface area (Å²) in [6.45, 7) is 3.87. The molecule has 1 rings (SSSR count). The first-order valence-electron chi connectivity index (χ1n) is 5.11. The third-order valence-corrected chi connectivity index (χ3v) is 2.59. The Hall–Kier alpha value is -1.09. The van der Waals surface area contributed by atoms with Crippen molar-refractivity contribution in [1.29, 1.82) is 0 Å². The van der Waals surface area contributed by atoms with Gasteiger partial charge in [0.05, 0.1) is 7.11 Å². The predicted octanol–water partition coefficient (Wildman–Crippen LogP) is 2.49. The Bertz CT molecular complexity index is 337. The average Bonchev–Trinajstić information content (AvgIpc) is 2.26. The molecule has 0 aliphatic heterocycles. The van der Waals surface area contributed by atoms with E-state index < -0.39 is 0 Å². The molecule has 0 amide bonds. The molecular formula is C12H17FO2. The van der Waals surface area contributed by atoms with Crippen molar-refractivity contribution in [2.24, 2.45) is 0 Å². The molecule has 2 nitrogen and oxygen atoms in total. The van der Waals surface area contributed by atoms with E-state index in [0.717, 1.165) is 17.5 Å². The van der Waals surface area contributed by atoms with Gasteiger partial charge in [-0.15, -0.1) is 0 Å². The number of halogens is 1. The highest BCUT2D eigenvalue weighted by Crippen LogP contribution is 2.29. The number of aliphatic hydroxyl groups is 1. The number of aliphatic hydroxyl groups excluding tert-OH is 1. The van der Waals surface area contributed by atoms with Gasteiger partial charge in [0.15, 0.2) is 0 Å². The van der Waals surface area contributed by atoms with Crippen molar-refractivity contribution < 1.29 is 14.2 Å². The van der Waals surface area contributed by atoms with Gasteiger partial charge in [0.1, 0.15) is 11.6 Å². The molecule has 3 heteroatoms. The van der Waals surface area contributed by atoms with Gasteiger partial charge in [0.2, 0.25) is 0 Å². The third-order valence-electron chi connectivity index (χ3n) is 2.59. The Morgan fingerprint density at radius 1 is 1.47 bits per heavy atom. The summed E-state index contributed by atoms with van der Waals surface area (Å²) < 4.78 is 18.4. The SMILES string of the molecule is CCc1c(OC)cc(F)cc1C(C)CO. The van der Waals surface area contributed by atoms with Crippen LogP contribution in [0.15, 0.2) is 12.1 Å². The van der Waals surface area contributed by atoms with E-state index in [1.807, 2.05) is 13.8 Å². The van der Waals surface area contributed by atoms with Gasteiger partial charge >= 0.3 is 0 Å². The largest absolute Gasteiger partial charge is 0.496 e. The summed E-state index contributed by atoms with van der Waals surface area (Å²) in [6.07, 6.45) is 0.767. The number of methoxy groups -OCH3 is 1. The van der Waals surface area contributed by atoms with Crippen molar-refractivity contribution in [3.63, 3.8) is 0 Å². The van der Waals surface area contributed by atoms with Crippen LogP contribution in [0.5, 0.6) is 5.75 Å². The summed E-state index contributed by atoms with van der Waals surface area (Å²) in [5.74, 6) is 0.177. The Morgan fingerprint density at radius 3 is 2.60 bits per heavy atom. The standard InChI is InChI=1S/C12H17FO2/c1-4-10-11(8(2)7-14)5-9(13)6-12(10)15-3/h5-6,8,14H,4,7H2,1-3H3. The van der Waals surface area contributed by atoms with Crippen LogP contribution < -0.4 is 4.74 Å². The Labute approximate surface area is 89.7 Å². The predicted molar refractivity (Wildman–Crippen MR) is 57.8 cm³/mol. The van der Waals surface area contributed by atoms with Crippen molar-refractivity contribution in [3.8, 4) is 5.75 Å². The second-order valence-electron chi connectivity index (χ2n) is 3.61. The molecule has 0 bridgehead atoms. The Kier molecular flexibility index (Phi) is 4.09. The van der Waals surface area contributed by atoms with Gasteiger partial charge in [-0.1, -0.05) is 13.8 Å². The molecule has 0 radical (unpaired) electrons. The maximum atomic E-state index is 13.3. The monoisotopic (exact) mass is 212 g/mol. The number of rotatable bonds is 4. The minimum atomic E-state index is -0.320. The van der Waals surface area contributed by atoms with Crippen LogP contribution in [-0.4, -0.2) is 18.8 Å². The van der Waals surface area contributed by atoms with E-state index in [9.17, 15) is 4.39 Å². The Balaban J connectivity index is 3.28. The quantitative estimate of drug-likeness (QED) is 0.830. The van der Waals surface area contributed by atoms with Gasteiger partial charge in [-0.3, -0.25) is 0 Å². The van der Waals surface area contributed by atoms with Gasteiger partial charge in [0, 0.05) is 18.6 Å². The molecule has 0 aliphatic rings. The first-order valence-corrected chi connectivity index (χ1v) is 5.11. The normalized spacial score (nSPS) is 12.6. The van der Waals surface area contributed by atoms with Gasteiger partial charge in [0.25, 0.3) is 0 Å². The number of hydrogen-bond acceptors (Lipinski definition) is 2. The molecule has 1 atom stereocenters. The van der Waals surface area contributed by atoms with Crippen molar-refractivity contribution in [2.45, 2.75) is 26.2 Å². The van der Waals surface area contributed by atoms with E-state index in [1.165, 1.54) is 19.2 Å². The van der Waals surface area contributed by atoms with E-state index >= 15 is 0 Å². The zero-order valence-corrected chi connectivity index (χ0v) is 9.38. The van der Waals surface area contributed by atoms with E-state index in [2.05, 4.69) is 0 Å². The van der Waals surface area contributed by atoms with Crippen molar-refractivity contribution in [1.82, 2.24) is 0 Å². The van der Waals surface area contributed by atoms with Gasteiger partial charge in [-0.25, -0.2) is 4.39 Å². The molecule has 1 aromatic carbocycles. The zero-order valence-electron chi connectivity index (χ0n) is 9.38. The fraction of sp³-hybridized carbons (Fsp3) is 0.500. The first-order chi connectivity index (χ1) is 7.13. The average molecular weight is 212 g/mol. The van der Waals surface area contributed by atoms with Crippen LogP contribution in [-0.2, 0) is 6.42 Å². The molecule has 1 unspecified atom stereocenters. The Morgan fingerprint density at radius 2 is 2.13 bits per heavy atom. The molecule has 0 aliphatic carbocycles. The van der Waals surface area contributed by atoms with Crippen LogP contribution in [0.25, 0.3) is 0 Å². The lowest BCUT2D eigenvalue weighted by Crippen LogP contribution is -2.05. The molecule has 0 saturated heterocycles. The summed E-state index contributed by atoms with van der Waals surface area (Å²) in [6, 6.07) is 2.86. The molecular weight excluding hydrogens is 195 g/mol. The van der Waals surface area contributed by atoms with E-state index in [4.69, 9.17) is 9.84 Å². The van der Waals surface area contributed by atoms with Crippen LogP contribution in [0.3, 0.4) is 0 Å². The first kappa shape index (κ1) is 12.0. The third kappa shape index (κ3) is 2.48. The van der Waals surface area contributed by atoms with Gasteiger partial charge < -0.3 is 9.84 Å². The minimum absolute atomic E-state index is 0.0135. The second kappa shape index (κ2) is 5.12. The molecule has 0 heterocycles. The molecule has 84 valence electrons. The van der Waals surface area contributed by atoms with Crippen molar-refractivity contribution in [2.75, 3.05) is 13.7 Å². The zero-order chi connectivity index (χ0) is 11.4. The van der Waals surface area contributed by atoms with Crippen LogP contribution >= 0.6 is 0 Å². The number of hydrogen-bond donors (Lipinski definition) is 1. The number of ether oxygens (including phenoxy) is 1. The maximum absolute atomic E-state index is 13.3. The number of benzene rings is 1. The fourth-order valence-electron chi connectivity index (χ4n) is 1.73. The van der Waals surface area contributed by atoms with E-state index in [0.29, 0.717) is 5.75 Å². The van der Waals surface area contributed by atoms with Crippen molar-refractivity contribution in [3.05, 3.63) is 29.1 Å². The summed E-state index contributed by atoms with van der Waals surface area (Å²) in [5.41, 5.74) is 1.80. The van der Waals surface area contributed by atoms with Crippen molar-refractivity contribution >= 4 is 0 Å². The summed E-state index contributed by atoms with van der Waals surface area (Å²) in [7, 11) is 1.53. The lowest BCUT2D eigenvalue weighted by Gasteiger charge is -2.16. The topological polar surface area (TPSA) is 29.5 Å². The molecule has 1 N–H and O–H groups in total. The minimum Gasteiger partial charge on any atom is -0.496 e. The van der Waals surface area contributed by atoms with E-state index in [1.54, 1.807) is 0 Å². The lowest BCUT2D eigenvalue weighted by atomic mass is 9.94. The molecule has 0 fully saturated rings. The highest BCUT2D eigenvalue weighted by Gasteiger charge is 2.14. The maximum Gasteiger partial charge on any atom is 0.127 e. The highest BCUT2D eigenvalue weighted by molar-refractivity contribution is 5.42. The summed E-state index contributed by atoms with van der Waals surface area (Å²) >= 11 is 0. The summed E-state index contributed by atoms with van der Waals surface area (Å²) in [4.78, 5) is 0. The lowest BCUT2D eigenvalue weighted by molar-refractivity contribution is 0.272. The van der Waals surface area contributed by atoms with Crippen LogP contribution in [0.1, 0.15) is 30.9 Å². The van der Waals surface area contributed by atoms with Crippen LogP contribution in [0.2, 0.25) is 0 Å². The molecule has 0 spiro atoms. The van der Waals surface area contributed by atoms with Crippen LogP contribution in [0.4, 0.5) is 4.39 Å². The molecule has 0 saturated carbocycles. The van der Waals surface area contributed by atoms with Crippen LogP contribution in [0, 0.1) is 5.82 Å². The summed E-state index contributed by atoms with van der Waals surface area (Å²) in [5, 5.41) is 9.10. The van der Waals surface area contributed by atoms with Gasteiger partial charge in [-0.2, -0.15) is 0 Å². The van der Waals surface area contributed by atoms with E-state index in [-0.39, 0.29) is 18.3 Å². The smallest absolute Gasteiger partial charge is 0.127 e. The van der Waals surface area contributed by atoms with Gasteiger partial charge in [-0.05, 0) is 23.6 Å². The fourth-order valence-corrected chi connectivity index (χ4v) is 1.73. The molecule has 1 aromatic rings. The highest BCUT2D eigenvalue weighted by atomic mass is 19.1. The second-order valence-corrected chi connectivity index (χ2v) is 3.61. The molecule has 15 heavy (non-hydrogen) atoms. The molecule has 0 aromatic heterocycles.